The highest BCUT2D eigenvalue weighted by Crippen LogP contribution is 2.34. The summed E-state index contributed by atoms with van der Waals surface area (Å²) in [5, 5.41) is 4.21. The van der Waals surface area contributed by atoms with Gasteiger partial charge in [-0.15, -0.1) is 0 Å². The van der Waals surface area contributed by atoms with Gasteiger partial charge in [0, 0.05) is 19.0 Å². The number of ether oxygens (including phenoxy) is 1. The van der Waals surface area contributed by atoms with Crippen molar-refractivity contribution in [2.24, 2.45) is 5.92 Å². The summed E-state index contributed by atoms with van der Waals surface area (Å²) in [7, 11) is 1.33. The van der Waals surface area contributed by atoms with Crippen molar-refractivity contribution in [1.29, 1.82) is 0 Å². The average Bonchev–Trinajstić information content (AvgIpc) is 3.40. The predicted molar refractivity (Wildman–Crippen MR) is 108 cm³/mol. The second-order valence-corrected chi connectivity index (χ2v) is 7.74. The van der Waals surface area contributed by atoms with Crippen molar-refractivity contribution in [2.45, 2.75) is 12.5 Å². The van der Waals surface area contributed by atoms with Crippen LogP contribution >= 0.6 is 11.3 Å². The van der Waals surface area contributed by atoms with Crippen LogP contribution in [0.15, 0.2) is 50.7 Å². The van der Waals surface area contributed by atoms with Crippen molar-refractivity contribution < 1.29 is 14.3 Å². The minimum atomic E-state index is -0.639. The maximum Gasteiger partial charge on any atom is 0.329 e. The van der Waals surface area contributed by atoms with Gasteiger partial charge in [-0.05, 0) is 34.5 Å². The quantitative estimate of drug-likeness (QED) is 0.647. The number of thiophene rings is 1. The lowest BCUT2D eigenvalue weighted by Gasteiger charge is -2.16. The van der Waals surface area contributed by atoms with Crippen LogP contribution in [0.1, 0.15) is 11.5 Å². The number of hydrogen-bond acceptors (Lipinski definition) is 6. The van der Waals surface area contributed by atoms with Crippen LogP contribution in [-0.2, 0) is 20.9 Å². The molecule has 29 heavy (non-hydrogen) atoms. The summed E-state index contributed by atoms with van der Waals surface area (Å²) in [6.45, 7) is 0.130. The highest BCUT2D eigenvalue weighted by atomic mass is 32.1. The molecule has 1 fully saturated rings. The summed E-state index contributed by atoms with van der Waals surface area (Å²) < 4.78 is 5.81. The Morgan fingerprint density at radius 3 is 2.72 bits per heavy atom. The number of fused-ring (bicyclic) bond motifs is 1. The third kappa shape index (κ3) is 3.49. The first kappa shape index (κ1) is 19.1. The number of aromatic nitrogens is 2. The molecule has 0 bridgehead atoms. The van der Waals surface area contributed by atoms with E-state index in [0.717, 1.165) is 10.1 Å². The number of nitrogens with one attached hydrogen (secondary N) is 1. The van der Waals surface area contributed by atoms with Gasteiger partial charge in [-0.1, -0.05) is 12.1 Å². The molecule has 4 rings (SSSR count). The number of H-pyrrole nitrogens is 1. The van der Waals surface area contributed by atoms with Gasteiger partial charge < -0.3 is 14.6 Å². The molecule has 3 heterocycles. The number of nitrogens with zero attached hydrogens (tertiary/aromatic N) is 2. The van der Waals surface area contributed by atoms with Gasteiger partial charge in [0.15, 0.2) is 0 Å². The average molecular weight is 413 g/mol. The van der Waals surface area contributed by atoms with Crippen LogP contribution < -0.4 is 11.2 Å². The van der Waals surface area contributed by atoms with Gasteiger partial charge >= 0.3 is 11.7 Å². The molecule has 2 aromatic heterocycles. The van der Waals surface area contributed by atoms with Gasteiger partial charge in [0.2, 0.25) is 5.91 Å². The molecule has 3 aromatic rings. The molecule has 0 unspecified atom stereocenters. The Hall–Kier alpha value is -3.20. The molecular formula is C20H19N3O5S. The van der Waals surface area contributed by atoms with Crippen LogP contribution in [0.25, 0.3) is 10.9 Å². The highest BCUT2D eigenvalue weighted by Gasteiger charge is 2.41. The Morgan fingerprint density at radius 1 is 1.21 bits per heavy atom. The molecule has 1 amide bonds. The Balaban J connectivity index is 1.61. The highest BCUT2D eigenvalue weighted by molar-refractivity contribution is 7.08. The van der Waals surface area contributed by atoms with E-state index in [4.69, 9.17) is 4.74 Å². The maximum absolute atomic E-state index is 12.9. The lowest BCUT2D eigenvalue weighted by molar-refractivity contribution is -0.145. The SMILES string of the molecule is COC(=O)[C@@H]1CN(C(=O)Cn2c(=O)[nH]c3ccccc3c2=O)C[C@H]1c1ccsc1. The number of carbonyl (C=O) groups is 2. The predicted octanol–water partition coefficient (Wildman–Crippen LogP) is 1.17. The summed E-state index contributed by atoms with van der Waals surface area (Å²) in [6.07, 6.45) is 0. The van der Waals surface area contributed by atoms with E-state index >= 15 is 0 Å². The number of aromatic amines is 1. The van der Waals surface area contributed by atoms with Crippen molar-refractivity contribution in [3.63, 3.8) is 0 Å². The molecule has 1 saturated heterocycles. The third-order valence-corrected chi connectivity index (χ3v) is 6.03. The van der Waals surface area contributed by atoms with E-state index in [1.54, 1.807) is 24.3 Å². The summed E-state index contributed by atoms with van der Waals surface area (Å²) in [6, 6.07) is 8.58. The van der Waals surface area contributed by atoms with Gasteiger partial charge in [-0.3, -0.25) is 19.0 Å². The number of benzene rings is 1. The molecule has 1 aliphatic rings. The van der Waals surface area contributed by atoms with Gasteiger partial charge in [0.05, 0.1) is 23.9 Å². The molecule has 2 atom stereocenters. The van der Waals surface area contributed by atoms with E-state index in [9.17, 15) is 19.2 Å². The van der Waals surface area contributed by atoms with Gasteiger partial charge in [0.1, 0.15) is 6.54 Å². The maximum atomic E-state index is 12.9. The Morgan fingerprint density at radius 2 is 2.00 bits per heavy atom. The van der Waals surface area contributed by atoms with Gasteiger partial charge in [-0.25, -0.2) is 4.79 Å². The molecule has 9 heteroatoms. The Labute approximate surface area is 169 Å². The number of amides is 1. The summed E-state index contributed by atoms with van der Waals surface area (Å²) in [4.78, 5) is 54.3. The second kappa shape index (κ2) is 7.67. The zero-order valence-electron chi connectivity index (χ0n) is 15.7. The number of hydrogen-bond donors (Lipinski definition) is 1. The van der Waals surface area contributed by atoms with Crippen molar-refractivity contribution in [3.05, 3.63) is 67.5 Å². The topological polar surface area (TPSA) is 101 Å². The Bertz CT molecular complexity index is 1180. The van der Waals surface area contributed by atoms with Crippen LogP contribution in [0.5, 0.6) is 0 Å². The van der Waals surface area contributed by atoms with Crippen molar-refractivity contribution in [3.8, 4) is 0 Å². The largest absolute Gasteiger partial charge is 0.469 e. The number of esters is 1. The fraction of sp³-hybridized carbons (Fsp3) is 0.300. The first-order valence-electron chi connectivity index (χ1n) is 9.09. The van der Waals surface area contributed by atoms with Crippen LogP contribution in [-0.4, -0.2) is 46.5 Å². The molecule has 1 aliphatic heterocycles. The fourth-order valence-corrected chi connectivity index (χ4v) is 4.52. The number of methoxy groups -OCH3 is 1. The van der Waals surface area contributed by atoms with Crippen LogP contribution in [0.4, 0.5) is 0 Å². The standard InChI is InChI=1S/C20H19N3O5S/c1-28-19(26)15-9-22(8-14(15)12-6-7-29-11-12)17(24)10-23-18(25)13-4-2-3-5-16(13)21-20(23)27/h2-7,11,14-15H,8-10H2,1H3,(H,21,27)/t14-,15+/m0/s1. The Kier molecular flexibility index (Phi) is 5.06. The van der Waals surface area contributed by atoms with Crippen molar-refractivity contribution >= 4 is 34.1 Å². The van der Waals surface area contributed by atoms with Crippen LogP contribution in [0.2, 0.25) is 0 Å². The zero-order valence-corrected chi connectivity index (χ0v) is 16.5. The van der Waals surface area contributed by atoms with E-state index in [1.807, 2.05) is 16.8 Å². The first-order chi connectivity index (χ1) is 14.0. The van der Waals surface area contributed by atoms with Crippen molar-refractivity contribution in [2.75, 3.05) is 20.2 Å². The van der Waals surface area contributed by atoms with Gasteiger partial charge in [-0.2, -0.15) is 11.3 Å². The summed E-state index contributed by atoms with van der Waals surface area (Å²) >= 11 is 1.52. The normalized spacial score (nSPS) is 18.9. The van der Waals surface area contributed by atoms with E-state index in [2.05, 4.69) is 4.98 Å². The first-order valence-corrected chi connectivity index (χ1v) is 10.0. The summed E-state index contributed by atoms with van der Waals surface area (Å²) in [5.41, 5.74) is 0.244. The summed E-state index contributed by atoms with van der Waals surface area (Å²) in [5.74, 6) is -1.42. The number of likely N-dealkylation sites (tertiary alicyclic amines) is 1. The molecule has 0 saturated carbocycles. The van der Waals surface area contributed by atoms with Gasteiger partial charge in [0.25, 0.3) is 5.56 Å². The van der Waals surface area contributed by atoms with E-state index < -0.39 is 17.2 Å². The van der Waals surface area contributed by atoms with Crippen LogP contribution in [0, 0.1) is 5.92 Å². The third-order valence-electron chi connectivity index (χ3n) is 5.33. The minimum Gasteiger partial charge on any atom is -0.469 e. The minimum absolute atomic E-state index is 0.177. The molecule has 8 nitrogen and oxygen atoms in total. The van der Waals surface area contributed by atoms with Crippen molar-refractivity contribution in [1.82, 2.24) is 14.5 Å². The van der Waals surface area contributed by atoms with E-state index in [1.165, 1.54) is 23.3 Å². The fourth-order valence-electron chi connectivity index (χ4n) is 3.80. The number of rotatable bonds is 4. The van der Waals surface area contributed by atoms with E-state index in [-0.39, 0.29) is 30.9 Å². The lowest BCUT2D eigenvalue weighted by atomic mass is 9.91. The number of carbonyl (C=O) groups excluding carboxylic acids is 2. The molecule has 0 aliphatic carbocycles. The smallest absolute Gasteiger partial charge is 0.329 e. The van der Waals surface area contributed by atoms with Crippen LogP contribution in [0.3, 0.4) is 0 Å². The lowest BCUT2D eigenvalue weighted by Crippen LogP contribution is -2.42. The van der Waals surface area contributed by atoms with E-state index in [0.29, 0.717) is 17.4 Å². The monoisotopic (exact) mass is 413 g/mol. The molecule has 0 radical (unpaired) electrons. The molecule has 1 N–H and O–H groups in total. The number of para-hydroxylation sites is 1. The molecule has 0 spiro atoms. The zero-order chi connectivity index (χ0) is 20.5. The molecule has 150 valence electrons. The molecule has 1 aromatic carbocycles. The second-order valence-electron chi connectivity index (χ2n) is 6.96. The molecular weight excluding hydrogens is 394 g/mol.